The Kier molecular flexibility index (Phi) is 7.00. The fraction of sp³-hybridized carbons (Fsp3) is 0.0545. The lowest BCUT2D eigenvalue weighted by atomic mass is 9.80. The molecule has 0 N–H and O–H groups in total. The molecule has 0 heteroatoms. The topological polar surface area (TPSA) is 0 Å². The molecule has 0 saturated carbocycles. The molecule has 0 aromatic heterocycles. The van der Waals surface area contributed by atoms with Gasteiger partial charge in [0.2, 0.25) is 0 Å². The summed E-state index contributed by atoms with van der Waals surface area (Å²) < 4.78 is 0. The molecular formula is C55H38. The molecule has 0 spiro atoms. The molecule has 258 valence electrons. The van der Waals surface area contributed by atoms with E-state index in [4.69, 9.17) is 0 Å². The summed E-state index contributed by atoms with van der Waals surface area (Å²) in [5, 5.41) is 10.1. The van der Waals surface area contributed by atoms with Crippen molar-refractivity contribution in [2.24, 2.45) is 0 Å². The Morgan fingerprint density at radius 3 is 1.65 bits per heavy atom. The lowest BCUT2D eigenvalue weighted by Gasteiger charge is -2.23. The van der Waals surface area contributed by atoms with E-state index in [-0.39, 0.29) is 5.41 Å². The van der Waals surface area contributed by atoms with Crippen LogP contribution < -0.4 is 0 Å². The molecule has 0 radical (unpaired) electrons. The van der Waals surface area contributed by atoms with Crippen LogP contribution in [-0.4, -0.2) is 0 Å². The summed E-state index contributed by atoms with van der Waals surface area (Å²) in [6.45, 7) is 4.75. The van der Waals surface area contributed by atoms with E-state index >= 15 is 0 Å². The Morgan fingerprint density at radius 1 is 0.273 bits per heavy atom. The molecule has 0 nitrogen and oxygen atoms in total. The molecule has 0 atom stereocenters. The Bertz CT molecular complexity index is 3150. The molecule has 0 saturated heterocycles. The summed E-state index contributed by atoms with van der Waals surface area (Å²) in [4.78, 5) is 0. The third-order valence-electron chi connectivity index (χ3n) is 12.3. The summed E-state index contributed by atoms with van der Waals surface area (Å²) >= 11 is 0. The molecule has 10 aromatic carbocycles. The Hall–Kier alpha value is -6.76. The van der Waals surface area contributed by atoms with Gasteiger partial charge in [0.05, 0.1) is 0 Å². The smallest absolute Gasteiger partial charge is 0.0159 e. The first kappa shape index (κ1) is 31.7. The Labute approximate surface area is 322 Å². The van der Waals surface area contributed by atoms with E-state index in [1.165, 1.54) is 110 Å². The zero-order chi connectivity index (χ0) is 36.7. The molecule has 1 aliphatic rings. The monoisotopic (exact) mass is 698 g/mol. The van der Waals surface area contributed by atoms with Crippen LogP contribution in [0.3, 0.4) is 0 Å². The minimum Gasteiger partial charge on any atom is -0.0619 e. The van der Waals surface area contributed by atoms with Gasteiger partial charge in [0.15, 0.2) is 0 Å². The number of rotatable bonds is 4. The first-order chi connectivity index (χ1) is 27.0. The predicted octanol–water partition coefficient (Wildman–Crippen LogP) is 15.3. The third kappa shape index (κ3) is 4.85. The van der Waals surface area contributed by atoms with E-state index in [2.05, 4.69) is 208 Å². The molecule has 0 unspecified atom stereocenters. The van der Waals surface area contributed by atoms with Crippen LogP contribution in [0.4, 0.5) is 0 Å². The quantitative estimate of drug-likeness (QED) is 0.161. The number of fused-ring (bicyclic) bond motifs is 7. The van der Waals surface area contributed by atoms with Crippen molar-refractivity contribution in [3.05, 3.63) is 205 Å². The molecule has 0 fully saturated rings. The van der Waals surface area contributed by atoms with E-state index in [9.17, 15) is 0 Å². The van der Waals surface area contributed by atoms with Gasteiger partial charge in [-0.25, -0.2) is 0 Å². The standard InChI is InChI=1S/C55H38/c1-55(2)50-23-10-9-20-47(50)54-48(22-12-24-51(54)55)53-45-19-8-7-18-44(45)52(38-28-25-36(26-29-38)40-30-27-35-13-3-4-15-39(35)33-40)46-32-31-41(34-49(46)53)43-21-11-16-37-14-5-6-17-42(37)43/h3-34H,1-2H3. The molecular weight excluding hydrogens is 661 g/mol. The highest BCUT2D eigenvalue weighted by atomic mass is 14.4. The SMILES string of the molecule is CC1(C)c2ccccc2-c2c(-c3c4ccccc4c(-c4ccc(-c5ccc6ccccc6c5)cc4)c4ccc(-c5cccc6ccccc56)cc34)cccc21. The molecule has 55 heavy (non-hydrogen) atoms. The van der Waals surface area contributed by atoms with E-state index in [1.807, 2.05) is 0 Å². The van der Waals surface area contributed by atoms with E-state index in [0.717, 1.165) is 0 Å². The van der Waals surface area contributed by atoms with Gasteiger partial charge in [-0.2, -0.15) is 0 Å². The van der Waals surface area contributed by atoms with Crippen molar-refractivity contribution in [1.82, 2.24) is 0 Å². The van der Waals surface area contributed by atoms with Crippen molar-refractivity contribution in [2.45, 2.75) is 19.3 Å². The van der Waals surface area contributed by atoms with Gasteiger partial charge in [0.1, 0.15) is 0 Å². The van der Waals surface area contributed by atoms with Gasteiger partial charge in [-0.3, -0.25) is 0 Å². The summed E-state index contributed by atoms with van der Waals surface area (Å²) in [5.74, 6) is 0. The van der Waals surface area contributed by atoms with Crippen LogP contribution in [0.15, 0.2) is 194 Å². The maximum atomic E-state index is 2.47. The molecule has 1 aliphatic carbocycles. The number of hydrogen-bond acceptors (Lipinski definition) is 0. The average molecular weight is 699 g/mol. The van der Waals surface area contributed by atoms with Gasteiger partial charge in [-0.05, 0) is 122 Å². The van der Waals surface area contributed by atoms with Crippen LogP contribution in [0, 0.1) is 0 Å². The summed E-state index contributed by atoms with van der Waals surface area (Å²) in [6.07, 6.45) is 0. The lowest BCUT2D eigenvalue weighted by Crippen LogP contribution is -2.14. The zero-order valence-electron chi connectivity index (χ0n) is 31.0. The van der Waals surface area contributed by atoms with Gasteiger partial charge >= 0.3 is 0 Å². The first-order valence-corrected chi connectivity index (χ1v) is 19.3. The zero-order valence-corrected chi connectivity index (χ0v) is 31.0. The maximum absolute atomic E-state index is 2.47. The highest BCUT2D eigenvalue weighted by molar-refractivity contribution is 6.23. The largest absolute Gasteiger partial charge is 0.0619 e. The normalized spacial score (nSPS) is 13.1. The minimum atomic E-state index is -0.0889. The first-order valence-electron chi connectivity index (χ1n) is 19.3. The van der Waals surface area contributed by atoms with E-state index in [1.54, 1.807) is 0 Å². The van der Waals surface area contributed by atoms with Gasteiger partial charge in [0.25, 0.3) is 0 Å². The second-order valence-electron chi connectivity index (χ2n) is 15.6. The number of benzene rings is 10. The summed E-state index contributed by atoms with van der Waals surface area (Å²) in [5.41, 5.74) is 15.4. The molecule has 0 amide bonds. The minimum absolute atomic E-state index is 0.0889. The van der Waals surface area contributed by atoms with Crippen LogP contribution in [0.2, 0.25) is 0 Å². The van der Waals surface area contributed by atoms with Crippen LogP contribution in [0.25, 0.3) is 98.7 Å². The second-order valence-corrected chi connectivity index (χ2v) is 15.6. The molecule has 0 bridgehead atoms. The molecule has 10 aromatic rings. The fourth-order valence-corrected chi connectivity index (χ4v) is 9.59. The van der Waals surface area contributed by atoms with Crippen LogP contribution in [0.1, 0.15) is 25.0 Å². The third-order valence-corrected chi connectivity index (χ3v) is 12.3. The average Bonchev–Trinajstić information content (AvgIpc) is 3.48. The maximum Gasteiger partial charge on any atom is 0.0159 e. The van der Waals surface area contributed by atoms with Crippen molar-refractivity contribution < 1.29 is 0 Å². The van der Waals surface area contributed by atoms with Gasteiger partial charge in [-0.1, -0.05) is 196 Å². The summed E-state index contributed by atoms with van der Waals surface area (Å²) in [6, 6.07) is 72.3. The van der Waals surface area contributed by atoms with Crippen molar-refractivity contribution in [3.8, 4) is 55.6 Å². The second kappa shape index (κ2) is 12.1. The van der Waals surface area contributed by atoms with Gasteiger partial charge in [-0.15, -0.1) is 0 Å². The van der Waals surface area contributed by atoms with Crippen molar-refractivity contribution in [1.29, 1.82) is 0 Å². The van der Waals surface area contributed by atoms with Crippen LogP contribution in [-0.2, 0) is 5.41 Å². The Balaban J connectivity index is 1.20. The van der Waals surface area contributed by atoms with Crippen LogP contribution >= 0.6 is 0 Å². The predicted molar refractivity (Wildman–Crippen MR) is 236 cm³/mol. The molecule has 0 aliphatic heterocycles. The van der Waals surface area contributed by atoms with E-state index < -0.39 is 0 Å². The fourth-order valence-electron chi connectivity index (χ4n) is 9.59. The molecule has 0 heterocycles. The van der Waals surface area contributed by atoms with Crippen LogP contribution in [0.5, 0.6) is 0 Å². The van der Waals surface area contributed by atoms with E-state index in [0.29, 0.717) is 0 Å². The summed E-state index contributed by atoms with van der Waals surface area (Å²) in [7, 11) is 0. The van der Waals surface area contributed by atoms with Crippen molar-refractivity contribution >= 4 is 43.1 Å². The molecule has 11 rings (SSSR count). The van der Waals surface area contributed by atoms with Crippen molar-refractivity contribution in [3.63, 3.8) is 0 Å². The lowest BCUT2D eigenvalue weighted by molar-refractivity contribution is 0.660. The highest BCUT2D eigenvalue weighted by Crippen LogP contribution is 2.54. The van der Waals surface area contributed by atoms with Gasteiger partial charge < -0.3 is 0 Å². The Morgan fingerprint density at radius 2 is 0.818 bits per heavy atom. The van der Waals surface area contributed by atoms with Crippen molar-refractivity contribution in [2.75, 3.05) is 0 Å². The number of hydrogen-bond donors (Lipinski definition) is 0. The van der Waals surface area contributed by atoms with Gasteiger partial charge in [0, 0.05) is 5.41 Å². The highest BCUT2D eigenvalue weighted by Gasteiger charge is 2.37.